The summed E-state index contributed by atoms with van der Waals surface area (Å²) in [5.74, 6) is -0.528. The molecule has 0 aliphatic heterocycles. The van der Waals surface area contributed by atoms with E-state index >= 15 is 0 Å². The first kappa shape index (κ1) is 25.3. The second-order valence-corrected chi connectivity index (χ2v) is 11.6. The normalized spacial score (nSPS) is 12.3. The minimum absolute atomic E-state index is 0.0218. The summed E-state index contributed by atoms with van der Waals surface area (Å²) >= 11 is 25.6. The largest absolute Gasteiger partial charge is 0.428 e. The summed E-state index contributed by atoms with van der Waals surface area (Å²) in [4.78, 5) is 3.87. The number of alkyl halides is 3. The second kappa shape index (κ2) is 9.37. The predicted octanol–water partition coefficient (Wildman–Crippen LogP) is 8.69. The number of fused-ring (bicyclic) bond motifs is 1. The van der Waals surface area contributed by atoms with Gasteiger partial charge in [-0.25, -0.2) is 13.4 Å². The van der Waals surface area contributed by atoms with Crippen molar-refractivity contribution < 1.29 is 26.3 Å². The Balaban J connectivity index is 1.60. The molecule has 4 nitrogen and oxygen atoms in total. The Morgan fingerprint density at radius 3 is 2.21 bits per heavy atom. The molecule has 0 amide bonds. The highest BCUT2D eigenvalue weighted by Gasteiger charge is 2.32. The fraction of sp³-hybridized carbons (Fsp3) is 0.0952. The Morgan fingerprint density at radius 2 is 1.59 bits per heavy atom. The summed E-state index contributed by atoms with van der Waals surface area (Å²) in [6, 6.07) is 9.85. The number of hydrogen-bond acceptors (Lipinski definition) is 5. The van der Waals surface area contributed by atoms with Gasteiger partial charge in [-0.15, -0.1) is 0 Å². The molecular weight excluding hydrogens is 577 g/mol. The molecule has 0 bridgehead atoms. The first-order valence-corrected chi connectivity index (χ1v) is 13.1. The molecule has 0 atom stereocenters. The summed E-state index contributed by atoms with van der Waals surface area (Å²) in [7, 11) is -4.11. The number of rotatable bonds is 5. The first-order chi connectivity index (χ1) is 15.8. The SMILES string of the molecule is O=S(=O)(Cc1cc(Cl)c(Oc2nc3ccc(Cl)cc3s2)c(Cl)c1)c1ccc(C(F)(F)F)cc1Cl. The van der Waals surface area contributed by atoms with E-state index < -0.39 is 37.2 Å². The Hall–Kier alpha value is -1.75. The molecule has 0 saturated carbocycles. The minimum Gasteiger partial charge on any atom is -0.428 e. The topological polar surface area (TPSA) is 56.3 Å². The van der Waals surface area contributed by atoms with Crippen LogP contribution in [0.5, 0.6) is 10.9 Å². The molecule has 13 heteroatoms. The maximum Gasteiger partial charge on any atom is 0.416 e. The van der Waals surface area contributed by atoms with E-state index in [9.17, 15) is 21.6 Å². The van der Waals surface area contributed by atoms with Crippen molar-refractivity contribution in [2.24, 2.45) is 0 Å². The van der Waals surface area contributed by atoms with Gasteiger partial charge in [-0.05, 0) is 54.1 Å². The molecule has 0 aliphatic carbocycles. The monoisotopic (exact) mass is 585 g/mol. The third-order valence-electron chi connectivity index (χ3n) is 4.53. The maximum absolute atomic E-state index is 12.8. The van der Waals surface area contributed by atoms with E-state index in [1.165, 1.54) is 23.5 Å². The van der Waals surface area contributed by atoms with Crippen LogP contribution < -0.4 is 4.74 Å². The molecule has 178 valence electrons. The number of aromatic nitrogens is 1. The van der Waals surface area contributed by atoms with Crippen molar-refractivity contribution >= 4 is 77.8 Å². The van der Waals surface area contributed by atoms with Gasteiger partial charge in [0.2, 0.25) is 0 Å². The van der Waals surface area contributed by atoms with Crippen LogP contribution in [0, 0.1) is 0 Å². The van der Waals surface area contributed by atoms with Gasteiger partial charge >= 0.3 is 6.18 Å². The molecule has 0 saturated heterocycles. The van der Waals surface area contributed by atoms with E-state index in [1.54, 1.807) is 18.2 Å². The Morgan fingerprint density at radius 1 is 0.912 bits per heavy atom. The number of ether oxygens (including phenoxy) is 1. The fourth-order valence-corrected chi connectivity index (χ4v) is 6.66. The van der Waals surface area contributed by atoms with E-state index in [-0.39, 0.29) is 26.6 Å². The lowest BCUT2D eigenvalue weighted by Gasteiger charge is -2.12. The number of benzene rings is 3. The molecule has 0 aliphatic rings. The average molecular weight is 587 g/mol. The molecule has 4 rings (SSSR count). The molecule has 34 heavy (non-hydrogen) atoms. The lowest BCUT2D eigenvalue weighted by Crippen LogP contribution is -2.09. The van der Waals surface area contributed by atoms with Crippen molar-refractivity contribution in [2.75, 3.05) is 0 Å². The van der Waals surface area contributed by atoms with Crippen LogP contribution in [0.25, 0.3) is 10.2 Å². The van der Waals surface area contributed by atoms with Gasteiger partial charge in [0.05, 0.1) is 41.5 Å². The molecule has 1 aromatic heterocycles. The van der Waals surface area contributed by atoms with Crippen LogP contribution in [0.15, 0.2) is 53.4 Å². The zero-order chi connectivity index (χ0) is 24.8. The Kier molecular flexibility index (Phi) is 6.98. The van der Waals surface area contributed by atoms with Crippen molar-refractivity contribution in [3.05, 3.63) is 79.7 Å². The zero-order valence-electron chi connectivity index (χ0n) is 16.5. The van der Waals surface area contributed by atoms with Crippen LogP contribution in [0.1, 0.15) is 11.1 Å². The highest BCUT2D eigenvalue weighted by Crippen LogP contribution is 2.41. The summed E-state index contributed by atoms with van der Waals surface area (Å²) in [5.41, 5.74) is -0.205. The fourth-order valence-electron chi connectivity index (χ4n) is 3.03. The summed E-state index contributed by atoms with van der Waals surface area (Å²) in [6.45, 7) is 0. The van der Waals surface area contributed by atoms with Gasteiger partial charge in [-0.2, -0.15) is 13.2 Å². The molecule has 0 spiro atoms. The average Bonchev–Trinajstić information content (AvgIpc) is 3.11. The summed E-state index contributed by atoms with van der Waals surface area (Å²) in [5, 5.41) is 0.292. The highest BCUT2D eigenvalue weighted by atomic mass is 35.5. The van der Waals surface area contributed by atoms with Crippen molar-refractivity contribution in [1.82, 2.24) is 4.98 Å². The number of sulfone groups is 1. The third kappa shape index (κ3) is 5.40. The van der Waals surface area contributed by atoms with Gasteiger partial charge in [0.1, 0.15) is 0 Å². The van der Waals surface area contributed by atoms with Crippen molar-refractivity contribution in [1.29, 1.82) is 0 Å². The summed E-state index contributed by atoms with van der Waals surface area (Å²) in [6.07, 6.45) is -4.65. The van der Waals surface area contributed by atoms with Gasteiger partial charge in [-0.1, -0.05) is 57.7 Å². The van der Waals surface area contributed by atoms with Crippen LogP contribution >= 0.6 is 57.7 Å². The van der Waals surface area contributed by atoms with Crippen LogP contribution in [-0.4, -0.2) is 13.4 Å². The molecule has 0 fully saturated rings. The van der Waals surface area contributed by atoms with Crippen LogP contribution in [0.2, 0.25) is 20.1 Å². The van der Waals surface area contributed by atoms with E-state index in [4.69, 9.17) is 51.1 Å². The van der Waals surface area contributed by atoms with Crippen LogP contribution in [0.3, 0.4) is 0 Å². The minimum atomic E-state index is -4.65. The van der Waals surface area contributed by atoms with Gasteiger partial charge in [0.15, 0.2) is 15.6 Å². The lowest BCUT2D eigenvalue weighted by atomic mass is 10.2. The molecule has 0 unspecified atom stereocenters. The number of thiazole rings is 1. The summed E-state index contributed by atoms with van der Waals surface area (Å²) < 4.78 is 70.7. The highest BCUT2D eigenvalue weighted by molar-refractivity contribution is 7.90. The van der Waals surface area contributed by atoms with Gasteiger partial charge in [0.25, 0.3) is 5.19 Å². The molecule has 4 aromatic rings. The van der Waals surface area contributed by atoms with Crippen LogP contribution in [0.4, 0.5) is 13.2 Å². The lowest BCUT2D eigenvalue weighted by molar-refractivity contribution is -0.137. The van der Waals surface area contributed by atoms with E-state index in [2.05, 4.69) is 4.98 Å². The molecule has 0 radical (unpaired) electrons. The number of halogens is 7. The van der Waals surface area contributed by atoms with E-state index in [0.717, 1.165) is 10.8 Å². The number of hydrogen-bond donors (Lipinski definition) is 0. The van der Waals surface area contributed by atoms with E-state index in [0.29, 0.717) is 22.7 Å². The van der Waals surface area contributed by atoms with Crippen molar-refractivity contribution in [2.45, 2.75) is 16.8 Å². The van der Waals surface area contributed by atoms with Gasteiger partial charge < -0.3 is 4.74 Å². The van der Waals surface area contributed by atoms with E-state index in [1.807, 2.05) is 0 Å². The molecule has 0 N–H and O–H groups in total. The van der Waals surface area contributed by atoms with Crippen molar-refractivity contribution in [3.8, 4) is 10.9 Å². The number of nitrogens with zero attached hydrogens (tertiary/aromatic N) is 1. The van der Waals surface area contributed by atoms with Crippen molar-refractivity contribution in [3.63, 3.8) is 0 Å². The Labute approximate surface area is 215 Å². The van der Waals surface area contributed by atoms with Gasteiger partial charge in [-0.3, -0.25) is 0 Å². The quantitative estimate of drug-likeness (QED) is 0.235. The van der Waals surface area contributed by atoms with Crippen LogP contribution in [-0.2, 0) is 21.8 Å². The predicted molar refractivity (Wildman–Crippen MR) is 129 cm³/mol. The Bertz CT molecular complexity index is 1500. The smallest absolute Gasteiger partial charge is 0.416 e. The third-order valence-corrected chi connectivity index (χ3v) is 8.39. The molecule has 1 heterocycles. The standard InChI is InChI=1S/C21H10Cl4F3NO3S2/c22-12-2-3-16-17(8-12)33-20(29-16)32-19-14(24)5-10(6-15(19)25)9-34(30,31)18-4-1-11(7-13(18)23)21(26,27)28/h1-8H,9H2. The second-order valence-electron chi connectivity index (χ2n) is 6.98. The van der Waals surface area contributed by atoms with Gasteiger partial charge in [0, 0.05) is 5.02 Å². The molecular formula is C21H10Cl4F3NO3S2. The maximum atomic E-state index is 12.8. The molecule has 3 aromatic carbocycles. The first-order valence-electron chi connectivity index (χ1n) is 9.15. The zero-order valence-corrected chi connectivity index (χ0v) is 21.1.